The number of nitrogens with two attached hydrogens (primary N) is 1. The van der Waals surface area contributed by atoms with Crippen LogP contribution >= 0.6 is 0 Å². The van der Waals surface area contributed by atoms with Gasteiger partial charge in [-0.1, -0.05) is 71.9 Å². The van der Waals surface area contributed by atoms with E-state index in [1.165, 1.54) is 75.6 Å². The van der Waals surface area contributed by atoms with Crippen molar-refractivity contribution in [2.45, 2.75) is 104 Å². The molecule has 0 amide bonds. The van der Waals surface area contributed by atoms with Crippen molar-refractivity contribution in [3.8, 4) is 0 Å². The molecular formula is C29H51N3. The summed E-state index contributed by atoms with van der Waals surface area (Å²) in [5.41, 5.74) is 9.37. The van der Waals surface area contributed by atoms with Gasteiger partial charge in [-0.05, 0) is 67.6 Å². The van der Waals surface area contributed by atoms with E-state index in [9.17, 15) is 0 Å². The molecule has 182 valence electrons. The lowest BCUT2D eigenvalue weighted by Gasteiger charge is -2.32. The van der Waals surface area contributed by atoms with Gasteiger partial charge >= 0.3 is 0 Å². The molecule has 2 atom stereocenters. The summed E-state index contributed by atoms with van der Waals surface area (Å²) in [5, 5.41) is 0. The number of aryl methyl sites for hydroxylation is 1. The molecule has 2 N–H and O–H groups in total. The molecule has 0 aromatic heterocycles. The van der Waals surface area contributed by atoms with Gasteiger partial charge in [0, 0.05) is 44.0 Å². The minimum absolute atomic E-state index is 0.307. The molecule has 2 aliphatic rings. The Bertz CT molecular complexity index is 632. The lowest BCUT2D eigenvalue weighted by Crippen LogP contribution is -2.41. The fraction of sp³-hybridized carbons (Fsp3) is 0.793. The molecule has 3 heteroatoms. The van der Waals surface area contributed by atoms with Gasteiger partial charge in [-0.25, -0.2) is 0 Å². The molecule has 1 aromatic rings. The summed E-state index contributed by atoms with van der Waals surface area (Å²) in [5.74, 6) is 2.39. The molecular weight excluding hydrogens is 390 g/mol. The van der Waals surface area contributed by atoms with Crippen molar-refractivity contribution < 1.29 is 0 Å². The highest BCUT2D eigenvalue weighted by atomic mass is 15.3. The number of anilines is 1. The van der Waals surface area contributed by atoms with E-state index < -0.39 is 0 Å². The fourth-order valence-electron chi connectivity index (χ4n) is 5.86. The first kappa shape index (κ1) is 25.6. The van der Waals surface area contributed by atoms with Crippen molar-refractivity contribution >= 4 is 5.69 Å². The second kappa shape index (κ2) is 13.0. The largest absolute Gasteiger partial charge is 0.367 e. The quantitative estimate of drug-likeness (QED) is 0.402. The minimum atomic E-state index is 0.307. The first-order chi connectivity index (χ1) is 15.4. The van der Waals surface area contributed by atoms with Crippen LogP contribution in [-0.4, -0.2) is 43.2 Å². The van der Waals surface area contributed by atoms with E-state index in [-0.39, 0.29) is 0 Å². The zero-order chi connectivity index (χ0) is 22.9. The van der Waals surface area contributed by atoms with Crippen LogP contribution in [0, 0.1) is 17.8 Å². The zero-order valence-electron chi connectivity index (χ0n) is 21.6. The molecule has 1 aliphatic heterocycles. The number of likely N-dealkylation sites (tertiary alicyclic amines) is 1. The maximum atomic E-state index is 6.43. The Hall–Kier alpha value is -1.06. The third-order valence-corrected chi connectivity index (χ3v) is 7.74. The van der Waals surface area contributed by atoms with Crippen molar-refractivity contribution in [2.75, 3.05) is 31.1 Å². The number of benzene rings is 1. The summed E-state index contributed by atoms with van der Waals surface area (Å²) in [4.78, 5) is 5.32. The standard InChI is InChI=1S/C29H51N3/c1-23(2)16-19-32(29-17-18-31(22-29)21-27(30)20-24(3)4)28-14-12-26(13-15-28)11-10-25-8-6-5-7-9-25/h12-15,23-25,27,29H,5-11,16-22,30H2,1-4H3/t27?,29-/m0/s1. The zero-order valence-corrected chi connectivity index (χ0v) is 21.6. The number of hydrogen-bond acceptors (Lipinski definition) is 3. The minimum Gasteiger partial charge on any atom is -0.367 e. The predicted octanol–water partition coefficient (Wildman–Crippen LogP) is 6.50. The Labute approximate surface area is 199 Å². The summed E-state index contributed by atoms with van der Waals surface area (Å²) >= 11 is 0. The van der Waals surface area contributed by atoms with Crippen molar-refractivity contribution in [1.82, 2.24) is 4.90 Å². The molecule has 32 heavy (non-hydrogen) atoms. The van der Waals surface area contributed by atoms with Crippen LogP contribution in [-0.2, 0) is 6.42 Å². The van der Waals surface area contributed by atoms with Gasteiger partial charge in [0.25, 0.3) is 0 Å². The van der Waals surface area contributed by atoms with Crippen LogP contribution in [0.15, 0.2) is 24.3 Å². The van der Waals surface area contributed by atoms with E-state index in [1.54, 1.807) is 0 Å². The number of nitrogens with zero attached hydrogens (tertiary/aromatic N) is 2. The highest BCUT2D eigenvalue weighted by molar-refractivity contribution is 5.49. The maximum absolute atomic E-state index is 6.43. The second-order valence-electron chi connectivity index (χ2n) is 11.7. The summed E-state index contributed by atoms with van der Waals surface area (Å²) < 4.78 is 0. The molecule has 1 heterocycles. The molecule has 2 fully saturated rings. The number of rotatable bonds is 12. The lowest BCUT2D eigenvalue weighted by molar-refractivity contribution is 0.291. The molecule has 0 radical (unpaired) electrons. The van der Waals surface area contributed by atoms with E-state index in [2.05, 4.69) is 61.8 Å². The SMILES string of the molecule is CC(C)CCN(c1ccc(CCC2CCCCC2)cc1)[C@H]1CCN(CC(N)CC(C)C)C1. The van der Waals surface area contributed by atoms with Gasteiger partial charge in [0.2, 0.25) is 0 Å². The average molecular weight is 442 g/mol. The van der Waals surface area contributed by atoms with Gasteiger partial charge in [-0.15, -0.1) is 0 Å². The normalized spacial score (nSPS) is 21.5. The highest BCUT2D eigenvalue weighted by Crippen LogP contribution is 2.29. The summed E-state index contributed by atoms with van der Waals surface area (Å²) in [7, 11) is 0. The fourth-order valence-corrected chi connectivity index (χ4v) is 5.86. The van der Waals surface area contributed by atoms with Crippen molar-refractivity contribution in [2.24, 2.45) is 23.5 Å². The van der Waals surface area contributed by atoms with Gasteiger partial charge in [-0.2, -0.15) is 0 Å². The van der Waals surface area contributed by atoms with E-state index in [4.69, 9.17) is 5.73 Å². The van der Waals surface area contributed by atoms with Crippen molar-refractivity contribution in [3.05, 3.63) is 29.8 Å². The Balaban J connectivity index is 1.57. The Morgan fingerprint density at radius 2 is 1.69 bits per heavy atom. The van der Waals surface area contributed by atoms with Crippen molar-refractivity contribution in [1.29, 1.82) is 0 Å². The molecule has 1 aliphatic carbocycles. The van der Waals surface area contributed by atoms with E-state index >= 15 is 0 Å². The summed E-state index contributed by atoms with van der Waals surface area (Å²) in [6.07, 6.45) is 13.6. The molecule has 0 bridgehead atoms. The molecule has 0 spiro atoms. The van der Waals surface area contributed by atoms with E-state index in [1.807, 2.05) is 0 Å². The Kier molecular flexibility index (Phi) is 10.4. The molecule has 1 unspecified atom stereocenters. The first-order valence-corrected chi connectivity index (χ1v) is 13.7. The van der Waals surface area contributed by atoms with Crippen LogP contribution in [0.5, 0.6) is 0 Å². The Morgan fingerprint density at radius 1 is 0.969 bits per heavy atom. The predicted molar refractivity (Wildman–Crippen MR) is 140 cm³/mol. The van der Waals surface area contributed by atoms with Crippen LogP contribution < -0.4 is 10.6 Å². The smallest absolute Gasteiger partial charge is 0.0429 e. The maximum Gasteiger partial charge on any atom is 0.0429 e. The van der Waals surface area contributed by atoms with Gasteiger partial charge in [0.15, 0.2) is 0 Å². The van der Waals surface area contributed by atoms with Gasteiger partial charge < -0.3 is 10.6 Å². The van der Waals surface area contributed by atoms with Crippen LogP contribution in [0.4, 0.5) is 5.69 Å². The molecule has 1 aromatic carbocycles. The Morgan fingerprint density at radius 3 is 2.34 bits per heavy atom. The van der Waals surface area contributed by atoms with E-state index in [0.29, 0.717) is 18.0 Å². The molecule has 3 nitrogen and oxygen atoms in total. The summed E-state index contributed by atoms with van der Waals surface area (Å²) in [6.45, 7) is 13.8. The lowest BCUT2D eigenvalue weighted by atomic mass is 9.85. The summed E-state index contributed by atoms with van der Waals surface area (Å²) in [6, 6.07) is 10.6. The van der Waals surface area contributed by atoms with Crippen LogP contribution in [0.1, 0.15) is 91.0 Å². The first-order valence-electron chi connectivity index (χ1n) is 13.7. The van der Waals surface area contributed by atoms with Gasteiger partial charge in [-0.3, -0.25) is 4.90 Å². The number of hydrogen-bond donors (Lipinski definition) is 1. The second-order valence-corrected chi connectivity index (χ2v) is 11.7. The van der Waals surface area contributed by atoms with Crippen LogP contribution in [0.25, 0.3) is 0 Å². The van der Waals surface area contributed by atoms with E-state index in [0.717, 1.165) is 37.9 Å². The average Bonchev–Trinajstić information content (AvgIpc) is 3.21. The topological polar surface area (TPSA) is 32.5 Å². The van der Waals surface area contributed by atoms with Gasteiger partial charge in [0.05, 0.1) is 0 Å². The monoisotopic (exact) mass is 441 g/mol. The molecule has 1 saturated heterocycles. The molecule has 1 saturated carbocycles. The van der Waals surface area contributed by atoms with Crippen LogP contribution in [0.2, 0.25) is 0 Å². The third kappa shape index (κ3) is 8.37. The van der Waals surface area contributed by atoms with Crippen molar-refractivity contribution in [3.63, 3.8) is 0 Å². The highest BCUT2D eigenvalue weighted by Gasteiger charge is 2.29. The van der Waals surface area contributed by atoms with Gasteiger partial charge in [0.1, 0.15) is 0 Å². The third-order valence-electron chi connectivity index (χ3n) is 7.74. The van der Waals surface area contributed by atoms with Crippen LogP contribution in [0.3, 0.4) is 0 Å². The molecule has 3 rings (SSSR count).